The molecule has 11 heteroatoms. The standard InChI is InChI=1S/C25H19ClO10/c1-35-19(32)8-12(10-2-4-14(27)13(26)6-10)20-17(30)9-18(31)21-22(33)23(34)24(36-25(20)21)11-3-5-15(28)16(29)7-11/h2-7,9,12,27-31,34H,8H2,1H3/t12-/m1/s1. The number of fused-ring (bicyclic) bond motifs is 1. The molecule has 186 valence electrons. The maximum atomic E-state index is 13.1. The number of halogens is 1. The van der Waals surface area contributed by atoms with Crippen LogP contribution in [-0.4, -0.2) is 43.7 Å². The van der Waals surface area contributed by atoms with Gasteiger partial charge in [-0.05, 0) is 35.9 Å². The van der Waals surface area contributed by atoms with Crippen LogP contribution in [0.3, 0.4) is 0 Å². The van der Waals surface area contributed by atoms with Crippen molar-refractivity contribution in [1.29, 1.82) is 0 Å². The fraction of sp³-hybridized carbons (Fsp3) is 0.120. The summed E-state index contributed by atoms with van der Waals surface area (Å²) in [5.74, 6) is -5.59. The Hall–Kier alpha value is -4.57. The minimum Gasteiger partial charge on any atom is -0.507 e. The molecule has 0 bridgehead atoms. The second kappa shape index (κ2) is 9.23. The number of carbonyl (C=O) groups is 1. The highest BCUT2D eigenvalue weighted by atomic mass is 35.5. The van der Waals surface area contributed by atoms with Gasteiger partial charge in [-0.1, -0.05) is 17.7 Å². The summed E-state index contributed by atoms with van der Waals surface area (Å²) in [5, 5.41) is 60.6. The highest BCUT2D eigenvalue weighted by molar-refractivity contribution is 6.32. The summed E-state index contributed by atoms with van der Waals surface area (Å²) < 4.78 is 10.6. The van der Waals surface area contributed by atoms with Gasteiger partial charge in [0.1, 0.15) is 28.2 Å². The molecule has 0 saturated heterocycles. The van der Waals surface area contributed by atoms with Gasteiger partial charge in [0.05, 0.1) is 18.6 Å². The van der Waals surface area contributed by atoms with Crippen molar-refractivity contribution < 1.29 is 44.6 Å². The van der Waals surface area contributed by atoms with Crippen LogP contribution in [0.1, 0.15) is 23.5 Å². The van der Waals surface area contributed by atoms with Gasteiger partial charge in [-0.3, -0.25) is 9.59 Å². The zero-order valence-electron chi connectivity index (χ0n) is 18.5. The van der Waals surface area contributed by atoms with Gasteiger partial charge in [0.25, 0.3) is 0 Å². The van der Waals surface area contributed by atoms with E-state index in [0.717, 1.165) is 25.3 Å². The first-order valence-corrected chi connectivity index (χ1v) is 10.7. The third-order valence-corrected chi connectivity index (χ3v) is 6.00. The van der Waals surface area contributed by atoms with Crippen LogP contribution in [0.25, 0.3) is 22.3 Å². The Morgan fingerprint density at radius 3 is 2.25 bits per heavy atom. The Kier molecular flexibility index (Phi) is 6.30. The van der Waals surface area contributed by atoms with E-state index in [-0.39, 0.29) is 33.9 Å². The number of carbonyl (C=O) groups excluding carboxylic acids is 1. The summed E-state index contributed by atoms with van der Waals surface area (Å²) in [7, 11) is 1.16. The van der Waals surface area contributed by atoms with Gasteiger partial charge in [0.15, 0.2) is 17.3 Å². The van der Waals surface area contributed by atoms with Crippen molar-refractivity contribution in [1.82, 2.24) is 0 Å². The Bertz CT molecular complexity index is 1570. The maximum Gasteiger partial charge on any atom is 0.306 e. The Labute approximate surface area is 207 Å². The Balaban J connectivity index is 2.09. The molecular weight excluding hydrogens is 496 g/mol. The summed E-state index contributed by atoms with van der Waals surface area (Å²) in [5.41, 5.74) is -1.22. The zero-order valence-corrected chi connectivity index (χ0v) is 19.3. The monoisotopic (exact) mass is 514 g/mol. The lowest BCUT2D eigenvalue weighted by molar-refractivity contribution is -0.140. The molecule has 36 heavy (non-hydrogen) atoms. The minimum absolute atomic E-state index is 0.00669. The fourth-order valence-electron chi connectivity index (χ4n) is 3.92. The first kappa shape index (κ1) is 24.6. The highest BCUT2D eigenvalue weighted by Gasteiger charge is 2.30. The molecular formula is C25H19ClO10. The predicted molar refractivity (Wildman–Crippen MR) is 128 cm³/mol. The molecule has 1 atom stereocenters. The smallest absolute Gasteiger partial charge is 0.306 e. The zero-order chi connectivity index (χ0) is 26.3. The molecule has 3 aromatic carbocycles. The molecule has 4 rings (SSSR count). The molecule has 0 aliphatic rings. The van der Waals surface area contributed by atoms with Gasteiger partial charge >= 0.3 is 5.97 Å². The van der Waals surface area contributed by atoms with Crippen LogP contribution in [0.2, 0.25) is 5.02 Å². The summed E-state index contributed by atoms with van der Waals surface area (Å²) in [6.07, 6.45) is -0.370. The van der Waals surface area contributed by atoms with Gasteiger partial charge in [-0.25, -0.2) is 0 Å². The highest BCUT2D eigenvalue weighted by Crippen LogP contribution is 2.45. The number of hydrogen-bond donors (Lipinski definition) is 6. The van der Waals surface area contributed by atoms with Crippen LogP contribution in [0, 0.1) is 0 Å². The molecule has 0 amide bonds. The number of hydrogen-bond acceptors (Lipinski definition) is 10. The van der Waals surface area contributed by atoms with Crippen LogP contribution < -0.4 is 5.43 Å². The van der Waals surface area contributed by atoms with E-state index in [4.69, 9.17) is 20.8 Å². The summed E-state index contributed by atoms with van der Waals surface area (Å²) in [6.45, 7) is 0. The first-order valence-electron chi connectivity index (χ1n) is 10.4. The topological polar surface area (TPSA) is 178 Å². The molecule has 0 unspecified atom stereocenters. The SMILES string of the molecule is COC(=O)C[C@H](c1ccc(O)c(Cl)c1)c1c(O)cc(O)c2c(=O)c(O)c(-c3ccc(O)c(O)c3)oc12. The van der Waals surface area contributed by atoms with Crippen molar-refractivity contribution in [2.75, 3.05) is 7.11 Å². The quantitative estimate of drug-likeness (QED) is 0.168. The molecule has 0 radical (unpaired) electrons. The molecule has 1 heterocycles. The molecule has 6 N–H and O–H groups in total. The minimum atomic E-state index is -1.06. The van der Waals surface area contributed by atoms with Gasteiger partial charge in [-0.2, -0.15) is 0 Å². The normalized spacial score (nSPS) is 11.9. The fourth-order valence-corrected chi connectivity index (χ4v) is 4.11. The van der Waals surface area contributed by atoms with Gasteiger partial charge in [0, 0.05) is 23.1 Å². The molecule has 1 aromatic heterocycles. The number of phenolic OH excluding ortho intramolecular Hbond substituents is 5. The molecule has 0 aliphatic carbocycles. The van der Waals surface area contributed by atoms with E-state index in [0.29, 0.717) is 5.56 Å². The predicted octanol–water partition coefficient (Wildman–Crippen LogP) is 4.04. The van der Waals surface area contributed by atoms with E-state index in [1.807, 2.05) is 0 Å². The van der Waals surface area contributed by atoms with E-state index < -0.39 is 57.2 Å². The van der Waals surface area contributed by atoms with E-state index in [2.05, 4.69) is 0 Å². The van der Waals surface area contributed by atoms with Crippen molar-refractivity contribution >= 4 is 28.5 Å². The van der Waals surface area contributed by atoms with Crippen LogP contribution in [0.5, 0.6) is 34.5 Å². The van der Waals surface area contributed by atoms with Gasteiger partial charge < -0.3 is 39.8 Å². The van der Waals surface area contributed by atoms with Crippen molar-refractivity contribution in [3.8, 4) is 45.8 Å². The van der Waals surface area contributed by atoms with E-state index in [9.17, 15) is 40.2 Å². The number of methoxy groups -OCH3 is 1. The number of aromatic hydroxyl groups is 6. The summed E-state index contributed by atoms with van der Waals surface area (Å²) in [4.78, 5) is 25.4. The number of ether oxygens (including phenoxy) is 1. The molecule has 4 aromatic rings. The average molecular weight is 515 g/mol. The number of rotatable bonds is 5. The van der Waals surface area contributed by atoms with E-state index in [1.54, 1.807) is 0 Å². The largest absolute Gasteiger partial charge is 0.507 e. The number of benzene rings is 3. The molecule has 10 nitrogen and oxygen atoms in total. The molecule has 0 spiro atoms. The van der Waals surface area contributed by atoms with Crippen molar-refractivity contribution in [3.63, 3.8) is 0 Å². The molecule has 0 fully saturated rings. The molecule has 0 aliphatic heterocycles. The lowest BCUT2D eigenvalue weighted by Gasteiger charge is -2.21. The Morgan fingerprint density at radius 1 is 0.917 bits per heavy atom. The van der Waals surface area contributed by atoms with E-state index >= 15 is 0 Å². The second-order valence-corrected chi connectivity index (χ2v) is 8.30. The van der Waals surface area contributed by atoms with Crippen LogP contribution in [0.15, 0.2) is 51.7 Å². The first-order chi connectivity index (χ1) is 17.0. The van der Waals surface area contributed by atoms with Crippen molar-refractivity contribution in [3.05, 3.63) is 68.8 Å². The lowest BCUT2D eigenvalue weighted by Crippen LogP contribution is -2.12. The third kappa shape index (κ3) is 4.18. The lowest BCUT2D eigenvalue weighted by atomic mass is 9.86. The number of esters is 1. The average Bonchev–Trinajstić information content (AvgIpc) is 2.83. The molecule has 0 saturated carbocycles. The third-order valence-electron chi connectivity index (χ3n) is 5.70. The van der Waals surface area contributed by atoms with E-state index in [1.165, 1.54) is 24.3 Å². The van der Waals surface area contributed by atoms with Crippen molar-refractivity contribution in [2.24, 2.45) is 0 Å². The van der Waals surface area contributed by atoms with Gasteiger partial charge in [-0.15, -0.1) is 0 Å². The van der Waals surface area contributed by atoms with Crippen LogP contribution in [-0.2, 0) is 9.53 Å². The van der Waals surface area contributed by atoms with Crippen molar-refractivity contribution in [2.45, 2.75) is 12.3 Å². The Morgan fingerprint density at radius 2 is 1.61 bits per heavy atom. The van der Waals surface area contributed by atoms with Crippen LogP contribution in [0.4, 0.5) is 0 Å². The van der Waals surface area contributed by atoms with Gasteiger partial charge in [0.2, 0.25) is 11.2 Å². The maximum absolute atomic E-state index is 13.1. The van der Waals surface area contributed by atoms with Crippen LogP contribution >= 0.6 is 11.6 Å². The second-order valence-electron chi connectivity index (χ2n) is 7.89. The summed E-state index contributed by atoms with van der Waals surface area (Å²) >= 11 is 6.06. The summed E-state index contributed by atoms with van der Waals surface area (Å²) in [6, 6.07) is 8.32. The number of phenols is 5.